The Morgan fingerprint density at radius 3 is 2.26 bits per heavy atom. The highest BCUT2D eigenvalue weighted by atomic mass is 19.2. The van der Waals surface area contributed by atoms with E-state index in [0.717, 1.165) is 30.5 Å². The average Bonchev–Trinajstić information content (AvgIpc) is 3.46. The lowest BCUT2D eigenvalue weighted by molar-refractivity contribution is -0.253. The van der Waals surface area contributed by atoms with Gasteiger partial charge < -0.3 is 25.0 Å². The summed E-state index contributed by atoms with van der Waals surface area (Å²) in [7, 11) is 0. The molecule has 0 bridgehead atoms. The third-order valence-corrected chi connectivity index (χ3v) is 7.62. The molecule has 3 aromatic rings. The molecule has 0 saturated carbocycles. The summed E-state index contributed by atoms with van der Waals surface area (Å²) in [5.41, 5.74) is 0.435. The number of nitrogens with one attached hydrogen (secondary N) is 1. The molecule has 0 aliphatic carbocycles. The Balaban J connectivity index is 1.39. The fourth-order valence-corrected chi connectivity index (χ4v) is 5.40. The Morgan fingerprint density at radius 2 is 1.60 bits per heavy atom. The lowest BCUT2D eigenvalue weighted by Gasteiger charge is -2.38. The first-order chi connectivity index (χ1) is 20.2. The van der Waals surface area contributed by atoms with Crippen molar-refractivity contribution in [1.82, 2.24) is 4.90 Å². The number of benzene rings is 3. The molecule has 4 atom stereocenters. The van der Waals surface area contributed by atoms with E-state index in [9.17, 15) is 37.0 Å². The van der Waals surface area contributed by atoms with Gasteiger partial charge in [0.15, 0.2) is 29.6 Å². The van der Waals surface area contributed by atoms with Gasteiger partial charge in [-0.25, -0.2) is 22.0 Å². The molecule has 2 aliphatic rings. The van der Waals surface area contributed by atoms with Crippen LogP contribution in [0.15, 0.2) is 48.5 Å². The number of ether oxygens (including phenoxy) is 2. The number of likely N-dealkylation sites (tertiary alicyclic amines) is 1. The van der Waals surface area contributed by atoms with E-state index in [2.05, 4.69) is 10.2 Å². The summed E-state index contributed by atoms with van der Waals surface area (Å²) in [6, 6.07) is 13.3. The minimum absolute atomic E-state index is 0.0134. The van der Waals surface area contributed by atoms with E-state index >= 15 is 0 Å². The summed E-state index contributed by atoms with van der Waals surface area (Å²) >= 11 is 0. The Hall–Kier alpha value is -3.42. The molecule has 3 N–H and O–H groups in total. The van der Waals surface area contributed by atoms with E-state index in [1.54, 1.807) is 18.2 Å². The topological polar surface area (TPSA) is 91.3 Å². The van der Waals surface area contributed by atoms with Crippen molar-refractivity contribution >= 4 is 11.6 Å². The molecule has 1 amide bonds. The number of amides is 1. The molecule has 42 heavy (non-hydrogen) atoms. The van der Waals surface area contributed by atoms with Crippen molar-refractivity contribution in [3.05, 3.63) is 99.9 Å². The predicted octanol–water partition coefficient (Wildman–Crippen LogP) is 5.13. The summed E-state index contributed by atoms with van der Waals surface area (Å²) < 4.78 is 81.7. The first-order valence-electron chi connectivity index (χ1n) is 13.5. The fourth-order valence-electron chi connectivity index (χ4n) is 5.40. The van der Waals surface area contributed by atoms with Crippen LogP contribution in [0.2, 0.25) is 0 Å². The minimum Gasteiger partial charge on any atom is -0.395 e. The number of nitrogens with zero attached hydrogens (tertiary/aromatic N) is 1. The van der Waals surface area contributed by atoms with Gasteiger partial charge in [-0.2, -0.15) is 0 Å². The highest BCUT2D eigenvalue weighted by Crippen LogP contribution is 2.39. The van der Waals surface area contributed by atoms with Crippen LogP contribution in [0, 0.1) is 29.1 Å². The smallest absolute Gasteiger partial charge is 0.261 e. The predicted molar refractivity (Wildman–Crippen MR) is 141 cm³/mol. The zero-order chi connectivity index (χ0) is 30.0. The van der Waals surface area contributed by atoms with Gasteiger partial charge in [0.1, 0.15) is 5.56 Å². The Bertz CT molecular complexity index is 1410. The Morgan fingerprint density at radius 1 is 0.905 bits per heavy atom. The summed E-state index contributed by atoms with van der Waals surface area (Å²) in [5, 5.41) is 21.4. The number of aliphatic hydroxyl groups excluding tert-OH is 2. The molecule has 0 aromatic heterocycles. The maximum absolute atomic E-state index is 14.2. The van der Waals surface area contributed by atoms with Crippen LogP contribution in [0.5, 0.6) is 0 Å². The second kappa shape index (κ2) is 12.8. The third-order valence-electron chi connectivity index (χ3n) is 7.62. The molecule has 2 fully saturated rings. The number of rotatable bonds is 8. The van der Waals surface area contributed by atoms with E-state index in [4.69, 9.17) is 9.47 Å². The molecule has 2 aliphatic heterocycles. The van der Waals surface area contributed by atoms with E-state index in [1.165, 1.54) is 18.2 Å². The van der Waals surface area contributed by atoms with E-state index in [1.807, 2.05) is 12.1 Å². The number of hydrogen-bond acceptors (Lipinski definition) is 6. The van der Waals surface area contributed by atoms with Gasteiger partial charge in [-0.1, -0.05) is 36.4 Å². The summed E-state index contributed by atoms with van der Waals surface area (Å²) in [4.78, 5) is 14.8. The zero-order valence-corrected chi connectivity index (χ0v) is 22.3. The standard InChI is InChI=1S/C30H29F5N2O5/c31-24-23(25(32)27(34)28(35)26(24)33)29(40)36-19-4-1-3-18(11-19)30-41-21(13-37-10-2-5-20(37)15-39)12-22(42-30)17-8-6-16(14-38)7-9-17/h1,3-4,6-9,11,20-22,30,38-39H,2,5,10,12-15H2,(H,36,40). The normalized spacial score (nSPS) is 22.8. The van der Waals surface area contributed by atoms with Crippen LogP contribution >= 0.6 is 0 Å². The number of hydrogen-bond donors (Lipinski definition) is 3. The van der Waals surface area contributed by atoms with Crippen molar-refractivity contribution in [2.45, 2.75) is 50.4 Å². The van der Waals surface area contributed by atoms with Gasteiger partial charge in [0.05, 0.1) is 25.4 Å². The number of aliphatic hydroxyl groups is 2. The van der Waals surface area contributed by atoms with Crippen LogP contribution in [-0.2, 0) is 16.1 Å². The second-order valence-electron chi connectivity index (χ2n) is 10.3. The van der Waals surface area contributed by atoms with Gasteiger partial charge >= 0.3 is 0 Å². The molecule has 4 unspecified atom stereocenters. The van der Waals surface area contributed by atoms with Crippen molar-refractivity contribution in [1.29, 1.82) is 0 Å². The molecule has 3 aromatic carbocycles. The zero-order valence-electron chi connectivity index (χ0n) is 22.3. The molecule has 12 heteroatoms. The van der Waals surface area contributed by atoms with Crippen LogP contribution in [0.1, 0.15) is 58.7 Å². The number of carbonyl (C=O) groups excluding carboxylic acids is 1. The third kappa shape index (κ3) is 6.18. The number of carbonyl (C=O) groups is 1. The first-order valence-corrected chi connectivity index (χ1v) is 13.5. The lowest BCUT2D eigenvalue weighted by atomic mass is 9.99. The highest BCUT2D eigenvalue weighted by molar-refractivity contribution is 6.04. The van der Waals surface area contributed by atoms with Gasteiger partial charge in [0.2, 0.25) is 5.82 Å². The fraction of sp³-hybridized carbons (Fsp3) is 0.367. The molecule has 0 spiro atoms. The van der Waals surface area contributed by atoms with E-state index in [0.29, 0.717) is 18.5 Å². The maximum atomic E-state index is 14.2. The second-order valence-corrected chi connectivity index (χ2v) is 10.3. The summed E-state index contributed by atoms with van der Waals surface area (Å²) in [5.74, 6) is -12.8. The minimum atomic E-state index is -2.36. The van der Waals surface area contributed by atoms with Crippen molar-refractivity contribution in [3.8, 4) is 0 Å². The van der Waals surface area contributed by atoms with Gasteiger partial charge in [-0.15, -0.1) is 0 Å². The Kier molecular flexibility index (Phi) is 9.19. The van der Waals surface area contributed by atoms with Crippen molar-refractivity contribution in [3.63, 3.8) is 0 Å². The van der Waals surface area contributed by atoms with Crippen LogP contribution in [0.25, 0.3) is 0 Å². The highest BCUT2D eigenvalue weighted by Gasteiger charge is 2.36. The number of halogens is 5. The average molecular weight is 593 g/mol. The van der Waals surface area contributed by atoms with Crippen LogP contribution in [0.4, 0.5) is 27.6 Å². The van der Waals surface area contributed by atoms with Crippen molar-refractivity contribution < 1.29 is 46.4 Å². The lowest BCUT2D eigenvalue weighted by Crippen LogP contribution is -2.42. The largest absolute Gasteiger partial charge is 0.395 e. The van der Waals surface area contributed by atoms with E-state index in [-0.39, 0.29) is 31.0 Å². The van der Waals surface area contributed by atoms with Gasteiger partial charge in [0, 0.05) is 30.3 Å². The van der Waals surface area contributed by atoms with Crippen LogP contribution in [0.3, 0.4) is 0 Å². The van der Waals surface area contributed by atoms with Gasteiger partial charge in [-0.3, -0.25) is 9.69 Å². The number of anilines is 1. The maximum Gasteiger partial charge on any atom is 0.261 e. The summed E-state index contributed by atoms with van der Waals surface area (Å²) in [6.07, 6.45) is 0.662. The Labute approximate surface area is 238 Å². The molecule has 2 saturated heterocycles. The van der Waals surface area contributed by atoms with Crippen molar-refractivity contribution in [2.75, 3.05) is 25.0 Å². The molecule has 224 valence electrons. The monoisotopic (exact) mass is 592 g/mol. The summed E-state index contributed by atoms with van der Waals surface area (Å²) in [6.45, 7) is 1.27. The molecule has 2 heterocycles. The molecule has 7 nitrogen and oxygen atoms in total. The first kappa shape index (κ1) is 30.1. The van der Waals surface area contributed by atoms with Crippen molar-refractivity contribution in [2.24, 2.45) is 0 Å². The quantitative estimate of drug-likeness (QED) is 0.191. The molecular weight excluding hydrogens is 563 g/mol. The molecular formula is C30H29F5N2O5. The molecule has 0 radical (unpaired) electrons. The molecule has 5 rings (SSSR count). The van der Waals surface area contributed by atoms with Gasteiger partial charge in [-0.05, 0) is 42.6 Å². The van der Waals surface area contributed by atoms with Crippen LogP contribution < -0.4 is 5.32 Å². The SMILES string of the molecule is O=C(Nc1cccc(C2OC(CN3CCCC3CO)CC(c3ccc(CO)cc3)O2)c1)c1c(F)c(F)c(F)c(F)c1F. The van der Waals surface area contributed by atoms with Crippen LogP contribution in [-0.4, -0.2) is 52.9 Å². The van der Waals surface area contributed by atoms with Gasteiger partial charge in [0.25, 0.3) is 5.91 Å². The van der Waals surface area contributed by atoms with E-state index < -0.39 is 53.0 Å².